The number of amides is 1. The molecule has 26 heavy (non-hydrogen) atoms. The van der Waals surface area contributed by atoms with Gasteiger partial charge in [0.1, 0.15) is 6.07 Å². The van der Waals surface area contributed by atoms with Gasteiger partial charge in [0.2, 0.25) is 5.91 Å². The number of halogens is 3. The number of anilines is 1. The van der Waals surface area contributed by atoms with Crippen molar-refractivity contribution in [1.29, 1.82) is 5.26 Å². The number of benzene rings is 2. The fourth-order valence-electron chi connectivity index (χ4n) is 2.50. The quantitative estimate of drug-likeness (QED) is 0.845. The minimum absolute atomic E-state index is 0.0811. The molecule has 0 saturated carbocycles. The number of hydrogen-bond acceptors (Lipinski definition) is 3. The first kappa shape index (κ1) is 19.5. The number of carbonyl (C=O) groups is 1. The first-order valence-electron chi connectivity index (χ1n) is 7.94. The summed E-state index contributed by atoms with van der Waals surface area (Å²) in [5.74, 6) is -0.302. The monoisotopic (exact) mass is 361 g/mol. The van der Waals surface area contributed by atoms with Crippen LogP contribution in [0.1, 0.15) is 23.1 Å². The Balaban J connectivity index is 1.92. The fraction of sp³-hybridized carbons (Fsp3) is 0.263. The zero-order chi connectivity index (χ0) is 19.2. The van der Waals surface area contributed by atoms with Gasteiger partial charge in [0.05, 0.1) is 16.8 Å². The maximum atomic E-state index is 13.0. The van der Waals surface area contributed by atoms with Crippen LogP contribution in [0.3, 0.4) is 0 Å². The van der Waals surface area contributed by atoms with Gasteiger partial charge >= 0.3 is 6.18 Å². The Morgan fingerprint density at radius 1 is 1.15 bits per heavy atom. The number of nitriles is 1. The average molecular weight is 361 g/mol. The van der Waals surface area contributed by atoms with Gasteiger partial charge in [-0.3, -0.25) is 4.79 Å². The lowest BCUT2D eigenvalue weighted by atomic mass is 10.1. The topological polar surface area (TPSA) is 56.1 Å². The lowest BCUT2D eigenvalue weighted by Gasteiger charge is -2.19. The van der Waals surface area contributed by atoms with Crippen molar-refractivity contribution in [3.05, 3.63) is 65.2 Å². The van der Waals surface area contributed by atoms with Crippen molar-refractivity contribution >= 4 is 11.6 Å². The molecule has 7 heteroatoms. The van der Waals surface area contributed by atoms with E-state index in [1.54, 1.807) is 42.3 Å². The molecule has 0 spiro atoms. The van der Waals surface area contributed by atoms with E-state index in [4.69, 9.17) is 5.26 Å². The first-order valence-corrected chi connectivity index (χ1v) is 7.94. The Hall–Kier alpha value is -2.85. The predicted octanol–water partition coefficient (Wildman–Crippen LogP) is 4.04. The highest BCUT2D eigenvalue weighted by atomic mass is 19.4. The number of nitrogens with one attached hydrogen (secondary N) is 1. The molecule has 2 rings (SSSR count). The molecular formula is C19H18F3N3O. The van der Waals surface area contributed by atoms with E-state index in [1.807, 2.05) is 6.07 Å². The van der Waals surface area contributed by atoms with Crippen LogP contribution < -0.4 is 5.32 Å². The van der Waals surface area contributed by atoms with Crippen LogP contribution in [0.5, 0.6) is 0 Å². The van der Waals surface area contributed by atoms with Crippen LogP contribution in [0, 0.1) is 11.3 Å². The largest absolute Gasteiger partial charge is 0.416 e. The van der Waals surface area contributed by atoms with E-state index in [2.05, 4.69) is 5.32 Å². The van der Waals surface area contributed by atoms with Crippen LogP contribution in [-0.4, -0.2) is 24.4 Å². The molecule has 0 radical (unpaired) electrons. The lowest BCUT2D eigenvalue weighted by Crippen LogP contribution is -2.25. The molecular weight excluding hydrogens is 343 g/mol. The molecule has 4 nitrogen and oxygen atoms in total. The molecule has 0 heterocycles. The molecule has 0 aliphatic carbocycles. The van der Waals surface area contributed by atoms with E-state index < -0.39 is 11.7 Å². The molecule has 0 aromatic heterocycles. The number of nitrogens with zero attached hydrogens (tertiary/aromatic N) is 2. The molecule has 0 fully saturated rings. The van der Waals surface area contributed by atoms with Crippen molar-refractivity contribution in [3.8, 4) is 6.07 Å². The first-order chi connectivity index (χ1) is 12.3. The normalized spacial score (nSPS) is 11.2. The van der Waals surface area contributed by atoms with Crippen LogP contribution in [0.25, 0.3) is 0 Å². The van der Waals surface area contributed by atoms with Crippen molar-refractivity contribution in [2.75, 3.05) is 18.9 Å². The van der Waals surface area contributed by atoms with Crippen molar-refractivity contribution in [3.63, 3.8) is 0 Å². The minimum Gasteiger partial charge on any atom is -0.325 e. The van der Waals surface area contributed by atoms with Gasteiger partial charge in [-0.15, -0.1) is 0 Å². The molecule has 0 atom stereocenters. The van der Waals surface area contributed by atoms with E-state index in [0.717, 1.165) is 6.07 Å². The summed E-state index contributed by atoms with van der Waals surface area (Å²) < 4.78 is 39.1. The van der Waals surface area contributed by atoms with Crippen LogP contribution in [0.2, 0.25) is 0 Å². The third-order valence-corrected chi connectivity index (χ3v) is 3.81. The Morgan fingerprint density at radius 2 is 1.81 bits per heavy atom. The molecule has 0 saturated heterocycles. The van der Waals surface area contributed by atoms with Crippen LogP contribution in [0.15, 0.2) is 48.5 Å². The lowest BCUT2D eigenvalue weighted by molar-refractivity contribution is -0.138. The summed E-state index contributed by atoms with van der Waals surface area (Å²) in [7, 11) is 1.66. The third kappa shape index (κ3) is 5.33. The van der Waals surface area contributed by atoms with E-state index in [0.29, 0.717) is 11.3 Å². The summed E-state index contributed by atoms with van der Waals surface area (Å²) in [5, 5.41) is 11.7. The number of para-hydroxylation sites is 1. The standard InChI is InChI=1S/C19H18F3N3O/c1-25(13-15-7-2-4-8-16(15)19(20,21)22)11-10-18(26)24-17-9-5-3-6-14(17)12-23/h2-9H,10-11,13H2,1H3,(H,24,26). The van der Waals surface area contributed by atoms with Crippen LogP contribution in [0.4, 0.5) is 18.9 Å². The average Bonchev–Trinajstić information content (AvgIpc) is 2.60. The summed E-state index contributed by atoms with van der Waals surface area (Å²) in [6, 6.07) is 14.0. The molecule has 0 aliphatic rings. The second-order valence-electron chi connectivity index (χ2n) is 5.85. The number of alkyl halides is 3. The van der Waals surface area contributed by atoms with Gasteiger partial charge in [-0.2, -0.15) is 18.4 Å². The van der Waals surface area contributed by atoms with Gasteiger partial charge in [0.15, 0.2) is 0 Å². The Morgan fingerprint density at radius 3 is 2.50 bits per heavy atom. The van der Waals surface area contributed by atoms with Gasteiger partial charge in [0.25, 0.3) is 0 Å². The third-order valence-electron chi connectivity index (χ3n) is 3.81. The Labute approximate surface area is 149 Å². The highest BCUT2D eigenvalue weighted by Crippen LogP contribution is 2.32. The number of rotatable bonds is 6. The zero-order valence-corrected chi connectivity index (χ0v) is 14.2. The molecule has 0 bridgehead atoms. The highest BCUT2D eigenvalue weighted by Gasteiger charge is 2.32. The summed E-state index contributed by atoms with van der Waals surface area (Å²) in [6.07, 6.45) is -4.31. The second-order valence-corrected chi connectivity index (χ2v) is 5.85. The van der Waals surface area contributed by atoms with E-state index in [-0.39, 0.29) is 31.0 Å². The van der Waals surface area contributed by atoms with E-state index in [9.17, 15) is 18.0 Å². The zero-order valence-electron chi connectivity index (χ0n) is 14.2. The van der Waals surface area contributed by atoms with Gasteiger partial charge < -0.3 is 10.2 Å². The minimum atomic E-state index is -4.41. The molecule has 1 N–H and O–H groups in total. The maximum Gasteiger partial charge on any atom is 0.416 e. The Kier molecular flexibility index (Phi) is 6.36. The highest BCUT2D eigenvalue weighted by molar-refractivity contribution is 5.92. The molecule has 136 valence electrons. The van der Waals surface area contributed by atoms with Crippen LogP contribution >= 0.6 is 0 Å². The fourth-order valence-corrected chi connectivity index (χ4v) is 2.50. The summed E-state index contributed by atoms with van der Waals surface area (Å²) in [6.45, 7) is 0.366. The van der Waals surface area contributed by atoms with Crippen molar-refractivity contribution in [2.45, 2.75) is 19.1 Å². The van der Waals surface area contributed by atoms with Gasteiger partial charge in [-0.1, -0.05) is 30.3 Å². The summed E-state index contributed by atoms with van der Waals surface area (Å²) in [5.41, 5.74) is 0.273. The smallest absolute Gasteiger partial charge is 0.325 e. The maximum absolute atomic E-state index is 13.0. The van der Waals surface area contributed by atoms with Gasteiger partial charge in [-0.25, -0.2) is 0 Å². The number of carbonyl (C=O) groups excluding carboxylic acids is 1. The summed E-state index contributed by atoms with van der Waals surface area (Å²) >= 11 is 0. The molecule has 1 amide bonds. The van der Waals surface area contributed by atoms with Crippen molar-refractivity contribution in [2.24, 2.45) is 0 Å². The molecule has 2 aromatic rings. The molecule has 2 aromatic carbocycles. The van der Waals surface area contributed by atoms with Crippen molar-refractivity contribution < 1.29 is 18.0 Å². The van der Waals surface area contributed by atoms with E-state index in [1.165, 1.54) is 12.1 Å². The number of hydrogen-bond donors (Lipinski definition) is 1. The van der Waals surface area contributed by atoms with Gasteiger partial charge in [-0.05, 0) is 30.8 Å². The van der Waals surface area contributed by atoms with Crippen molar-refractivity contribution in [1.82, 2.24) is 4.90 Å². The molecule has 0 aliphatic heterocycles. The predicted molar refractivity (Wildman–Crippen MR) is 92.2 cm³/mol. The van der Waals surface area contributed by atoms with E-state index >= 15 is 0 Å². The SMILES string of the molecule is CN(CCC(=O)Nc1ccccc1C#N)Cc1ccccc1C(F)(F)F. The van der Waals surface area contributed by atoms with Crippen LogP contribution in [-0.2, 0) is 17.5 Å². The Bertz CT molecular complexity index is 812. The molecule has 0 unspecified atom stereocenters. The summed E-state index contributed by atoms with van der Waals surface area (Å²) in [4.78, 5) is 13.7. The second kappa shape index (κ2) is 8.50. The van der Waals surface area contributed by atoms with Gasteiger partial charge in [0, 0.05) is 19.5 Å².